The molecule has 2 heterocycles. The highest BCUT2D eigenvalue weighted by Gasteiger charge is 2.56. The van der Waals surface area contributed by atoms with Crippen LogP contribution in [-0.2, 0) is 17.8 Å². The molecule has 0 aliphatic heterocycles. The largest absolute Gasteiger partial charge is 0.380 e. The van der Waals surface area contributed by atoms with Crippen LogP contribution in [0.5, 0.6) is 0 Å². The number of carbonyl (C=O) groups is 1. The minimum Gasteiger partial charge on any atom is -0.380 e. The zero-order valence-corrected chi connectivity index (χ0v) is 20.5. The molecule has 2 bridgehead atoms. The summed E-state index contributed by atoms with van der Waals surface area (Å²) in [6, 6.07) is 2.42. The lowest BCUT2D eigenvalue weighted by atomic mass is 9.45. The number of rotatable bonds is 7. The second kappa shape index (κ2) is 8.23. The third kappa shape index (κ3) is 3.91. The van der Waals surface area contributed by atoms with E-state index in [1.54, 1.807) is 17.5 Å². The van der Waals surface area contributed by atoms with Crippen LogP contribution < -0.4 is 10.9 Å². The average Bonchev–Trinajstić information content (AvgIpc) is 3.11. The number of aromatic nitrogens is 2. The van der Waals surface area contributed by atoms with Crippen molar-refractivity contribution in [3.05, 3.63) is 42.9 Å². The van der Waals surface area contributed by atoms with Gasteiger partial charge < -0.3 is 5.32 Å². The zero-order valence-electron chi connectivity index (χ0n) is 18.1. The molecule has 3 aliphatic rings. The van der Waals surface area contributed by atoms with Gasteiger partial charge in [0.05, 0.1) is 11.9 Å². The van der Waals surface area contributed by atoms with Gasteiger partial charge in [-0.25, -0.2) is 4.68 Å². The first-order chi connectivity index (χ1) is 14.2. The highest BCUT2D eigenvalue weighted by molar-refractivity contribution is 9.10. The van der Waals surface area contributed by atoms with Gasteiger partial charge in [0.2, 0.25) is 0 Å². The molecule has 30 heavy (non-hydrogen) atoms. The summed E-state index contributed by atoms with van der Waals surface area (Å²) >= 11 is 5.12. The van der Waals surface area contributed by atoms with Crippen LogP contribution in [0.3, 0.4) is 0 Å². The Morgan fingerprint density at radius 2 is 2.17 bits per heavy atom. The molecule has 3 aliphatic carbocycles. The summed E-state index contributed by atoms with van der Waals surface area (Å²) in [6.07, 6.45) is 5.27. The van der Waals surface area contributed by atoms with Gasteiger partial charge in [0.25, 0.3) is 5.56 Å². The van der Waals surface area contributed by atoms with Crippen molar-refractivity contribution < 1.29 is 4.79 Å². The minimum absolute atomic E-state index is 0.0142. The van der Waals surface area contributed by atoms with E-state index < -0.39 is 0 Å². The minimum atomic E-state index is -0.255. The molecule has 0 saturated heterocycles. The van der Waals surface area contributed by atoms with Crippen molar-refractivity contribution in [1.29, 1.82) is 0 Å². The van der Waals surface area contributed by atoms with Crippen LogP contribution in [0.2, 0.25) is 0 Å². The SMILES string of the molecule is Cc1ccsc1CCC(=O)Cn1ncc(N[C@@H]2C[C@@H]3C[C@H]([C@H]2C)C3(C)C)c(Br)c1=O. The predicted molar refractivity (Wildman–Crippen MR) is 125 cm³/mol. The average molecular weight is 492 g/mol. The molecule has 0 spiro atoms. The van der Waals surface area contributed by atoms with Crippen molar-refractivity contribution in [3.63, 3.8) is 0 Å². The molecule has 1 N–H and O–H groups in total. The standard InChI is InChI=1S/C23H30BrN3O2S/c1-13-7-8-30-20(13)6-5-16(28)12-27-22(29)21(24)19(11-25-27)26-18-10-15-9-17(14(18)2)23(15,3)4/h7-8,11,14-15,17-18,26H,5-6,9-10,12H2,1-4H3/t14-,15+,17-,18-/m1/s1. The summed E-state index contributed by atoms with van der Waals surface area (Å²) in [5.74, 6) is 2.05. The highest BCUT2D eigenvalue weighted by atomic mass is 79.9. The third-order valence-corrected chi connectivity index (χ3v) is 9.45. The van der Waals surface area contributed by atoms with Gasteiger partial charge in [-0.1, -0.05) is 20.8 Å². The number of hydrogen-bond donors (Lipinski definition) is 1. The number of thiophene rings is 1. The van der Waals surface area contributed by atoms with Crippen LogP contribution >= 0.6 is 27.3 Å². The number of halogens is 1. The first kappa shape index (κ1) is 21.8. The number of hydrogen-bond acceptors (Lipinski definition) is 5. The van der Waals surface area contributed by atoms with Gasteiger partial charge in [-0.3, -0.25) is 9.59 Å². The zero-order chi connectivity index (χ0) is 21.6. The lowest BCUT2D eigenvalue weighted by Crippen LogP contribution is -2.58. The molecule has 0 radical (unpaired) electrons. The van der Waals surface area contributed by atoms with Gasteiger partial charge in [0.1, 0.15) is 11.0 Å². The fraction of sp³-hybridized carbons (Fsp3) is 0.609. The molecule has 3 fully saturated rings. The van der Waals surface area contributed by atoms with Crippen molar-refractivity contribution >= 4 is 38.7 Å². The number of ketones is 1. The van der Waals surface area contributed by atoms with Gasteiger partial charge in [0, 0.05) is 17.3 Å². The molecule has 5 nitrogen and oxygen atoms in total. The maximum atomic E-state index is 12.8. The van der Waals surface area contributed by atoms with Crippen molar-refractivity contribution in [2.75, 3.05) is 5.32 Å². The van der Waals surface area contributed by atoms with Crippen LogP contribution in [-0.4, -0.2) is 21.6 Å². The number of nitrogens with one attached hydrogen (secondary N) is 1. The number of anilines is 1. The summed E-state index contributed by atoms with van der Waals surface area (Å²) in [4.78, 5) is 26.4. The predicted octanol–water partition coefficient (Wildman–Crippen LogP) is 5.06. The molecule has 0 aromatic carbocycles. The Morgan fingerprint density at radius 3 is 2.80 bits per heavy atom. The lowest BCUT2D eigenvalue weighted by Gasteiger charge is -2.62. The van der Waals surface area contributed by atoms with E-state index in [4.69, 9.17) is 0 Å². The maximum absolute atomic E-state index is 12.8. The summed E-state index contributed by atoms with van der Waals surface area (Å²) in [5.41, 5.74) is 2.13. The van der Waals surface area contributed by atoms with Crippen molar-refractivity contribution in [2.45, 2.75) is 66.0 Å². The number of Topliss-reactive ketones (excluding diaryl/α,β-unsaturated/α-hetero) is 1. The van der Waals surface area contributed by atoms with E-state index in [9.17, 15) is 9.59 Å². The van der Waals surface area contributed by atoms with E-state index in [0.29, 0.717) is 28.3 Å². The fourth-order valence-electron chi connectivity index (χ4n) is 5.38. The molecule has 2 aromatic heterocycles. The molecule has 0 amide bonds. The molecular weight excluding hydrogens is 462 g/mol. The Balaban J connectivity index is 1.39. The smallest absolute Gasteiger partial charge is 0.283 e. The summed E-state index contributed by atoms with van der Waals surface area (Å²) in [7, 11) is 0. The van der Waals surface area contributed by atoms with Crippen molar-refractivity contribution in [3.8, 4) is 0 Å². The first-order valence-corrected chi connectivity index (χ1v) is 12.4. The Labute approximate surface area is 190 Å². The van der Waals surface area contributed by atoms with E-state index in [0.717, 1.165) is 30.4 Å². The van der Waals surface area contributed by atoms with Crippen molar-refractivity contribution in [1.82, 2.24) is 9.78 Å². The van der Waals surface area contributed by atoms with Crippen LogP contribution in [0, 0.1) is 30.1 Å². The summed E-state index contributed by atoms with van der Waals surface area (Å²) in [5, 5.41) is 9.89. The molecule has 7 heteroatoms. The second-order valence-corrected chi connectivity index (χ2v) is 11.4. The molecule has 5 rings (SSSR count). The third-order valence-electron chi connectivity index (χ3n) is 7.61. The first-order valence-electron chi connectivity index (χ1n) is 10.7. The van der Waals surface area contributed by atoms with Crippen LogP contribution in [0.25, 0.3) is 0 Å². The van der Waals surface area contributed by atoms with Gasteiger partial charge >= 0.3 is 0 Å². The maximum Gasteiger partial charge on any atom is 0.283 e. The topological polar surface area (TPSA) is 64.0 Å². The van der Waals surface area contributed by atoms with Crippen LogP contribution in [0.15, 0.2) is 26.9 Å². The quantitative estimate of drug-likeness (QED) is 0.587. The lowest BCUT2D eigenvalue weighted by molar-refractivity contribution is -0.119. The van der Waals surface area contributed by atoms with Crippen LogP contribution in [0.4, 0.5) is 5.69 Å². The van der Waals surface area contributed by atoms with Gasteiger partial charge in [-0.05, 0) is 82.3 Å². The van der Waals surface area contributed by atoms with E-state index in [2.05, 4.69) is 60.1 Å². The van der Waals surface area contributed by atoms with E-state index in [-0.39, 0.29) is 17.9 Å². The Kier molecular flexibility index (Phi) is 5.96. The summed E-state index contributed by atoms with van der Waals surface area (Å²) < 4.78 is 1.73. The molecule has 3 saturated carbocycles. The Hall–Kier alpha value is -1.47. The molecule has 162 valence electrons. The number of fused-ring (bicyclic) bond motifs is 2. The second-order valence-electron chi connectivity index (χ2n) is 9.61. The molecule has 4 atom stereocenters. The van der Waals surface area contributed by atoms with E-state index in [1.165, 1.54) is 21.5 Å². The number of nitrogens with zero attached hydrogens (tertiary/aromatic N) is 2. The molecule has 2 aromatic rings. The van der Waals surface area contributed by atoms with E-state index in [1.807, 2.05) is 5.38 Å². The monoisotopic (exact) mass is 491 g/mol. The normalized spacial score (nSPS) is 26.8. The van der Waals surface area contributed by atoms with Gasteiger partial charge in [0.15, 0.2) is 5.78 Å². The number of carbonyl (C=O) groups excluding carboxylic acids is 1. The van der Waals surface area contributed by atoms with Crippen LogP contribution in [0.1, 0.15) is 50.5 Å². The molecule has 0 unspecified atom stereocenters. The Bertz CT molecular complexity index is 1010. The van der Waals surface area contributed by atoms with Gasteiger partial charge in [-0.2, -0.15) is 5.10 Å². The van der Waals surface area contributed by atoms with E-state index >= 15 is 0 Å². The fourth-order valence-corrected chi connectivity index (χ4v) is 6.71. The van der Waals surface area contributed by atoms with Gasteiger partial charge in [-0.15, -0.1) is 11.3 Å². The highest BCUT2D eigenvalue weighted by Crippen LogP contribution is 2.61. The number of aryl methyl sites for hydroxylation is 2. The Morgan fingerprint density at radius 1 is 1.40 bits per heavy atom. The summed E-state index contributed by atoms with van der Waals surface area (Å²) in [6.45, 7) is 9.15. The molecular formula is C23H30BrN3O2S. The van der Waals surface area contributed by atoms with Crippen molar-refractivity contribution in [2.24, 2.45) is 23.2 Å².